The van der Waals surface area contributed by atoms with E-state index in [0.29, 0.717) is 46.1 Å². The number of aliphatic carboxylic acids is 1. The number of benzene rings is 1. The molecular formula is C27H29NO5. The van der Waals surface area contributed by atoms with Gasteiger partial charge in [0, 0.05) is 35.0 Å². The van der Waals surface area contributed by atoms with E-state index in [1.54, 1.807) is 36.6 Å². The molecule has 0 amide bonds. The number of hydrogen-bond acceptors (Lipinski definition) is 5. The lowest BCUT2D eigenvalue weighted by atomic mass is 9.91. The van der Waals surface area contributed by atoms with Gasteiger partial charge in [-0.15, -0.1) is 0 Å². The Morgan fingerprint density at radius 3 is 2.64 bits per heavy atom. The van der Waals surface area contributed by atoms with E-state index in [1.807, 2.05) is 13.0 Å². The first-order valence-corrected chi connectivity index (χ1v) is 10.8. The van der Waals surface area contributed by atoms with Crippen molar-refractivity contribution < 1.29 is 19.4 Å². The van der Waals surface area contributed by atoms with Crippen LogP contribution in [0.1, 0.15) is 39.7 Å². The van der Waals surface area contributed by atoms with Crippen LogP contribution in [0.15, 0.2) is 69.2 Å². The molecule has 3 aliphatic rings. The number of allylic oxidation sites excluding steroid dienone is 5. The van der Waals surface area contributed by atoms with Crippen molar-refractivity contribution in [3.05, 3.63) is 86.5 Å². The molecule has 6 nitrogen and oxygen atoms in total. The molecule has 172 valence electrons. The molecule has 33 heavy (non-hydrogen) atoms. The highest BCUT2D eigenvalue weighted by atomic mass is 16.4. The quantitative estimate of drug-likeness (QED) is 0.461. The molecule has 0 saturated carbocycles. The van der Waals surface area contributed by atoms with Gasteiger partial charge in [0.1, 0.15) is 16.9 Å². The summed E-state index contributed by atoms with van der Waals surface area (Å²) in [6, 6.07) is 4.44. The Bertz CT molecular complexity index is 1330. The van der Waals surface area contributed by atoms with Crippen LogP contribution in [0.5, 0.6) is 0 Å². The van der Waals surface area contributed by atoms with Gasteiger partial charge in [-0.2, -0.15) is 0 Å². The third-order valence-electron chi connectivity index (χ3n) is 5.03. The van der Waals surface area contributed by atoms with Gasteiger partial charge in [-0.25, -0.2) is 4.79 Å². The fourth-order valence-corrected chi connectivity index (χ4v) is 3.58. The van der Waals surface area contributed by atoms with E-state index in [0.717, 1.165) is 0 Å². The van der Waals surface area contributed by atoms with Crippen molar-refractivity contribution >= 4 is 23.7 Å². The summed E-state index contributed by atoms with van der Waals surface area (Å²) in [6.07, 6.45) is 12.1. The Labute approximate surface area is 192 Å². The summed E-state index contributed by atoms with van der Waals surface area (Å²) in [6.45, 7) is 8.75. The summed E-state index contributed by atoms with van der Waals surface area (Å²) in [5, 5.41) is 24.0. The van der Waals surface area contributed by atoms with E-state index in [-0.39, 0.29) is 22.2 Å². The fraction of sp³-hybridized carbons (Fsp3) is 0.259. The van der Waals surface area contributed by atoms with Crippen LogP contribution < -0.4 is 21.4 Å². The van der Waals surface area contributed by atoms with Crippen molar-refractivity contribution in [2.75, 3.05) is 6.54 Å². The van der Waals surface area contributed by atoms with Crippen LogP contribution in [0.4, 0.5) is 0 Å². The Balaban J connectivity index is 2.37. The third kappa shape index (κ3) is 5.71. The van der Waals surface area contributed by atoms with Crippen molar-refractivity contribution in [2.45, 2.75) is 34.1 Å². The molecule has 1 heterocycles. The molecule has 2 aliphatic carbocycles. The maximum absolute atomic E-state index is 12.3. The van der Waals surface area contributed by atoms with Crippen LogP contribution in [0.2, 0.25) is 0 Å². The lowest BCUT2D eigenvalue weighted by Crippen LogP contribution is -2.30. The summed E-state index contributed by atoms with van der Waals surface area (Å²) < 4.78 is 5.95. The Morgan fingerprint density at radius 1 is 1.21 bits per heavy atom. The van der Waals surface area contributed by atoms with Crippen LogP contribution in [0.25, 0.3) is 29.0 Å². The van der Waals surface area contributed by atoms with E-state index in [9.17, 15) is 19.8 Å². The number of carboxylic acids is 1. The lowest BCUT2D eigenvalue weighted by molar-refractivity contribution is -0.132. The lowest BCUT2D eigenvalue weighted by Gasteiger charge is -2.18. The van der Waals surface area contributed by atoms with E-state index < -0.39 is 5.97 Å². The van der Waals surface area contributed by atoms with Crippen LogP contribution in [0.3, 0.4) is 0 Å². The number of aliphatic hydroxyl groups is 1. The van der Waals surface area contributed by atoms with Crippen molar-refractivity contribution in [2.24, 2.45) is 5.41 Å². The molecule has 0 fully saturated rings. The Kier molecular flexibility index (Phi) is 7.07. The van der Waals surface area contributed by atoms with Gasteiger partial charge in [-0.1, -0.05) is 39.0 Å². The molecule has 6 heteroatoms. The molecule has 0 aromatic rings. The van der Waals surface area contributed by atoms with Gasteiger partial charge in [-0.3, -0.25) is 4.79 Å². The number of carboxylic acid groups (broad SMARTS) is 1. The first-order valence-electron chi connectivity index (χ1n) is 10.8. The molecule has 0 bridgehead atoms. The minimum Gasteiger partial charge on any atom is -0.508 e. The van der Waals surface area contributed by atoms with E-state index in [4.69, 9.17) is 4.42 Å². The van der Waals surface area contributed by atoms with Crippen LogP contribution in [-0.4, -0.2) is 22.7 Å². The highest BCUT2D eigenvalue weighted by Gasteiger charge is 2.21. The highest BCUT2D eigenvalue weighted by molar-refractivity contribution is 6.03. The van der Waals surface area contributed by atoms with Gasteiger partial charge < -0.3 is 19.9 Å². The summed E-state index contributed by atoms with van der Waals surface area (Å²) in [4.78, 5) is 24.4. The zero-order valence-corrected chi connectivity index (χ0v) is 19.3. The zero-order chi connectivity index (χ0) is 24.2. The van der Waals surface area contributed by atoms with Crippen molar-refractivity contribution in [3.63, 3.8) is 0 Å². The fourth-order valence-electron chi connectivity index (χ4n) is 3.58. The largest absolute Gasteiger partial charge is 0.508 e. The number of hydrogen-bond donors (Lipinski definition) is 3. The molecule has 0 unspecified atom stereocenters. The monoisotopic (exact) mass is 447 g/mol. The second-order valence-electron chi connectivity index (χ2n) is 9.03. The summed E-state index contributed by atoms with van der Waals surface area (Å²) in [5.41, 5.74) is 1.97. The first-order chi connectivity index (χ1) is 15.6. The predicted octanol–water partition coefficient (Wildman–Crippen LogP) is 3.71. The van der Waals surface area contributed by atoms with Gasteiger partial charge in [0.15, 0.2) is 5.43 Å². The van der Waals surface area contributed by atoms with Crippen molar-refractivity contribution in [3.8, 4) is 11.3 Å². The zero-order valence-electron chi connectivity index (χ0n) is 19.3. The Hall–Kier alpha value is -3.80. The molecule has 3 N–H and O–H groups in total. The number of nitrogens with one attached hydrogen (secondary N) is 1. The smallest absolute Gasteiger partial charge is 0.336 e. The maximum atomic E-state index is 12.3. The molecule has 1 aliphatic heterocycles. The molecular weight excluding hydrogens is 418 g/mol. The highest BCUT2D eigenvalue weighted by Crippen LogP contribution is 2.29. The van der Waals surface area contributed by atoms with Crippen molar-refractivity contribution in [1.29, 1.82) is 0 Å². The van der Waals surface area contributed by atoms with Gasteiger partial charge in [-0.05, 0) is 54.8 Å². The number of rotatable bonds is 6. The van der Waals surface area contributed by atoms with E-state index >= 15 is 0 Å². The summed E-state index contributed by atoms with van der Waals surface area (Å²) in [5.74, 6) is -0.727. The summed E-state index contributed by atoms with van der Waals surface area (Å²) in [7, 11) is 0. The van der Waals surface area contributed by atoms with E-state index in [1.165, 1.54) is 18.2 Å². The van der Waals surface area contributed by atoms with E-state index in [2.05, 4.69) is 26.1 Å². The Morgan fingerprint density at radius 2 is 1.97 bits per heavy atom. The number of carbonyl (C=O) groups is 1. The molecule has 0 aromatic heterocycles. The van der Waals surface area contributed by atoms with Crippen LogP contribution in [0, 0.1) is 5.41 Å². The molecule has 0 radical (unpaired) electrons. The SMILES string of the molecule is C\C=C/C(=C(\C=C/NCC(C)(C)C)C(=O)O)c1c2ccc(=O)cc-2oc2c1=CCC=C(O)C=2. The van der Waals surface area contributed by atoms with Gasteiger partial charge in [0.25, 0.3) is 0 Å². The topological polar surface area (TPSA) is 99.8 Å². The standard InChI is InChI=1S/C27H29NO5/c1-5-7-19(20(26(31)32)12-13-28-16-27(2,3)4)25-21-9-6-8-17(29)14-23(21)33-24-15-18(30)10-11-22(24)25/h5,7-15,28-29H,6,16H2,1-4H3,(H,31,32)/b7-5-,13-12-,20-19-. The van der Waals surface area contributed by atoms with Crippen molar-refractivity contribution in [1.82, 2.24) is 5.32 Å². The molecule has 0 aromatic carbocycles. The normalized spacial score (nSPS) is 14.8. The molecule has 0 atom stereocenters. The minimum absolute atomic E-state index is 0.0356. The van der Waals surface area contributed by atoms with Crippen LogP contribution >= 0.6 is 0 Å². The van der Waals surface area contributed by atoms with Gasteiger partial charge in [0.05, 0.1) is 5.57 Å². The average molecular weight is 448 g/mol. The molecule has 0 saturated heterocycles. The average Bonchev–Trinajstić information content (AvgIpc) is 2.90. The minimum atomic E-state index is -1.08. The predicted molar refractivity (Wildman–Crippen MR) is 131 cm³/mol. The van der Waals surface area contributed by atoms with Crippen LogP contribution in [-0.2, 0) is 4.79 Å². The second kappa shape index (κ2) is 9.77. The number of aliphatic hydroxyl groups excluding tert-OH is 1. The third-order valence-corrected chi connectivity index (χ3v) is 5.03. The summed E-state index contributed by atoms with van der Waals surface area (Å²) >= 11 is 0. The van der Waals surface area contributed by atoms with Gasteiger partial charge >= 0.3 is 5.97 Å². The molecule has 0 spiro atoms. The second-order valence-corrected chi connectivity index (χ2v) is 9.03. The number of fused-ring (bicyclic) bond motifs is 2. The molecule has 3 rings (SSSR count). The van der Waals surface area contributed by atoms with Gasteiger partial charge in [0.2, 0.25) is 0 Å². The first kappa shape index (κ1) is 23.9. The maximum Gasteiger partial charge on any atom is 0.336 e.